The van der Waals surface area contributed by atoms with Crippen LogP contribution in [0.3, 0.4) is 0 Å². The molecule has 2 fully saturated rings. The Morgan fingerprint density at radius 2 is 1.56 bits per heavy atom. The highest BCUT2D eigenvalue weighted by Crippen LogP contribution is 2.40. The van der Waals surface area contributed by atoms with E-state index in [1.807, 2.05) is 70.2 Å². The lowest BCUT2D eigenvalue weighted by Crippen LogP contribution is -2.44. The monoisotopic (exact) mass is 529 g/mol. The minimum absolute atomic E-state index is 0.0138. The summed E-state index contributed by atoms with van der Waals surface area (Å²) in [6.07, 6.45) is 8.69. The van der Waals surface area contributed by atoms with E-state index in [9.17, 15) is 14.4 Å². The normalized spacial score (nSPS) is 18.4. The van der Waals surface area contributed by atoms with Gasteiger partial charge in [0.15, 0.2) is 0 Å². The number of nitrogens with zero attached hydrogens (tertiary/aromatic N) is 3. The molecular weight excluding hydrogens is 490 g/mol. The molecule has 2 aromatic carbocycles. The van der Waals surface area contributed by atoms with Crippen LogP contribution in [0.2, 0.25) is 0 Å². The minimum atomic E-state index is 0.0138. The highest BCUT2D eigenvalue weighted by Gasteiger charge is 2.42. The number of benzene rings is 2. The zero-order valence-electron chi connectivity index (χ0n) is 22.9. The Morgan fingerprint density at radius 1 is 0.872 bits per heavy atom. The first kappa shape index (κ1) is 27.0. The summed E-state index contributed by atoms with van der Waals surface area (Å²) in [4.78, 5) is 44.6. The van der Waals surface area contributed by atoms with E-state index in [2.05, 4.69) is 6.07 Å². The Balaban J connectivity index is 1.09. The molecule has 7 nitrogen and oxygen atoms in total. The standard InChI is InChI=1S/C32H39N3O4/c1-2-39-28-12-6-4-9-26(28)13-14-29(36)33-21-17-32(18-22-33)19-23-34(24-32)30(37)15-16-31(38)35-20-7-10-25-8-3-5-11-27(25)35/h3-6,8-9,11-14H,2,7,10,15-24H2,1H3. The number of amides is 3. The molecule has 2 saturated heterocycles. The maximum absolute atomic E-state index is 13.0. The maximum atomic E-state index is 13.0. The quantitative estimate of drug-likeness (QED) is 0.488. The molecule has 0 N–H and O–H groups in total. The number of likely N-dealkylation sites (tertiary alicyclic amines) is 2. The molecule has 39 heavy (non-hydrogen) atoms. The largest absolute Gasteiger partial charge is 0.493 e. The van der Waals surface area contributed by atoms with Crippen LogP contribution in [0.4, 0.5) is 5.69 Å². The van der Waals surface area contributed by atoms with Gasteiger partial charge in [0.2, 0.25) is 17.7 Å². The predicted octanol–water partition coefficient (Wildman–Crippen LogP) is 4.70. The minimum Gasteiger partial charge on any atom is -0.493 e. The number of anilines is 1. The summed E-state index contributed by atoms with van der Waals surface area (Å²) in [6, 6.07) is 15.8. The van der Waals surface area contributed by atoms with Crippen molar-refractivity contribution in [2.75, 3.05) is 44.2 Å². The van der Waals surface area contributed by atoms with Crippen molar-refractivity contribution < 1.29 is 19.1 Å². The van der Waals surface area contributed by atoms with E-state index in [1.54, 1.807) is 6.08 Å². The van der Waals surface area contributed by atoms with Gasteiger partial charge in [0.1, 0.15) is 5.75 Å². The second kappa shape index (κ2) is 12.1. The molecule has 7 heteroatoms. The zero-order chi connectivity index (χ0) is 27.2. The molecule has 3 aliphatic heterocycles. The highest BCUT2D eigenvalue weighted by atomic mass is 16.5. The summed E-state index contributed by atoms with van der Waals surface area (Å²) in [6.45, 7) is 6.11. The van der Waals surface area contributed by atoms with E-state index in [1.165, 1.54) is 5.56 Å². The van der Waals surface area contributed by atoms with Crippen LogP contribution in [0, 0.1) is 5.41 Å². The molecule has 3 aliphatic rings. The van der Waals surface area contributed by atoms with Crippen molar-refractivity contribution >= 4 is 29.5 Å². The number of aryl methyl sites for hydroxylation is 1. The summed E-state index contributed by atoms with van der Waals surface area (Å²) in [5.74, 6) is 0.896. The van der Waals surface area contributed by atoms with Crippen molar-refractivity contribution in [3.63, 3.8) is 0 Å². The number of hydrogen-bond acceptors (Lipinski definition) is 4. The van der Waals surface area contributed by atoms with Crippen LogP contribution in [-0.2, 0) is 20.8 Å². The molecule has 0 aliphatic carbocycles. The third-order valence-electron chi connectivity index (χ3n) is 8.52. The molecule has 0 aromatic heterocycles. The molecule has 3 amide bonds. The lowest BCUT2D eigenvalue weighted by Gasteiger charge is -2.39. The van der Waals surface area contributed by atoms with Gasteiger partial charge in [0.05, 0.1) is 6.61 Å². The summed E-state index contributed by atoms with van der Waals surface area (Å²) in [5.41, 5.74) is 3.18. The summed E-state index contributed by atoms with van der Waals surface area (Å²) in [7, 11) is 0. The molecular formula is C32H39N3O4. The number of carbonyl (C=O) groups excluding carboxylic acids is 3. The number of fused-ring (bicyclic) bond motifs is 1. The van der Waals surface area contributed by atoms with E-state index >= 15 is 0 Å². The topological polar surface area (TPSA) is 70.2 Å². The number of carbonyl (C=O) groups is 3. The number of rotatable bonds is 7. The van der Waals surface area contributed by atoms with Crippen molar-refractivity contribution in [3.8, 4) is 5.75 Å². The maximum Gasteiger partial charge on any atom is 0.246 e. The summed E-state index contributed by atoms with van der Waals surface area (Å²) < 4.78 is 5.65. The van der Waals surface area contributed by atoms with Gasteiger partial charge in [0, 0.05) is 62.9 Å². The Morgan fingerprint density at radius 3 is 2.36 bits per heavy atom. The van der Waals surface area contributed by atoms with Crippen LogP contribution in [0.1, 0.15) is 56.6 Å². The Labute approximate surface area is 231 Å². The van der Waals surface area contributed by atoms with Crippen LogP contribution in [0.5, 0.6) is 5.75 Å². The zero-order valence-corrected chi connectivity index (χ0v) is 22.9. The van der Waals surface area contributed by atoms with Crippen LogP contribution in [0.25, 0.3) is 6.08 Å². The van der Waals surface area contributed by atoms with Crippen molar-refractivity contribution in [2.45, 2.75) is 51.9 Å². The van der Waals surface area contributed by atoms with E-state index in [-0.39, 0.29) is 36.0 Å². The Kier molecular flexibility index (Phi) is 8.34. The van der Waals surface area contributed by atoms with Gasteiger partial charge in [0.25, 0.3) is 0 Å². The fourth-order valence-electron chi connectivity index (χ4n) is 6.23. The molecule has 0 bridgehead atoms. The van der Waals surface area contributed by atoms with Crippen LogP contribution >= 0.6 is 0 Å². The molecule has 2 aromatic rings. The van der Waals surface area contributed by atoms with Crippen molar-refractivity contribution in [1.29, 1.82) is 0 Å². The SMILES string of the molecule is CCOc1ccccc1C=CC(=O)N1CCC2(CC1)CCN(C(=O)CCC(=O)N1CCCc3ccccc31)C2. The first-order valence-electron chi connectivity index (χ1n) is 14.3. The molecule has 5 rings (SSSR count). The fourth-order valence-corrected chi connectivity index (χ4v) is 6.23. The van der Waals surface area contributed by atoms with Crippen LogP contribution < -0.4 is 9.64 Å². The van der Waals surface area contributed by atoms with Crippen LogP contribution in [-0.4, -0.2) is 66.9 Å². The lowest BCUT2D eigenvalue weighted by atomic mass is 9.78. The Bertz CT molecular complexity index is 1230. The lowest BCUT2D eigenvalue weighted by molar-refractivity contribution is -0.133. The first-order chi connectivity index (χ1) is 19.0. The first-order valence-corrected chi connectivity index (χ1v) is 14.3. The van der Waals surface area contributed by atoms with E-state index in [4.69, 9.17) is 4.74 Å². The summed E-state index contributed by atoms with van der Waals surface area (Å²) >= 11 is 0. The van der Waals surface area contributed by atoms with Gasteiger partial charge in [-0.15, -0.1) is 0 Å². The van der Waals surface area contributed by atoms with Gasteiger partial charge < -0.3 is 19.4 Å². The molecule has 3 heterocycles. The van der Waals surface area contributed by atoms with Gasteiger partial charge in [-0.25, -0.2) is 0 Å². The fraction of sp³-hybridized carbons (Fsp3) is 0.469. The third kappa shape index (κ3) is 6.18. The number of para-hydroxylation sites is 2. The molecule has 0 atom stereocenters. The van der Waals surface area contributed by atoms with Gasteiger partial charge in [-0.3, -0.25) is 14.4 Å². The smallest absolute Gasteiger partial charge is 0.246 e. The second-order valence-corrected chi connectivity index (χ2v) is 11.0. The number of piperidine rings is 1. The number of ether oxygens (including phenoxy) is 1. The number of hydrogen-bond donors (Lipinski definition) is 0. The van der Waals surface area contributed by atoms with E-state index in [0.717, 1.165) is 68.7 Å². The van der Waals surface area contributed by atoms with Crippen molar-refractivity contribution in [1.82, 2.24) is 9.80 Å². The van der Waals surface area contributed by atoms with Crippen molar-refractivity contribution in [2.24, 2.45) is 5.41 Å². The van der Waals surface area contributed by atoms with E-state index in [0.29, 0.717) is 19.7 Å². The summed E-state index contributed by atoms with van der Waals surface area (Å²) in [5, 5.41) is 0. The molecule has 206 valence electrons. The van der Waals surface area contributed by atoms with Gasteiger partial charge in [-0.05, 0) is 68.2 Å². The second-order valence-electron chi connectivity index (χ2n) is 11.0. The van der Waals surface area contributed by atoms with Gasteiger partial charge in [-0.1, -0.05) is 36.4 Å². The van der Waals surface area contributed by atoms with Gasteiger partial charge in [-0.2, -0.15) is 0 Å². The van der Waals surface area contributed by atoms with Gasteiger partial charge >= 0.3 is 0 Å². The van der Waals surface area contributed by atoms with Crippen molar-refractivity contribution in [3.05, 3.63) is 65.7 Å². The van der Waals surface area contributed by atoms with Crippen LogP contribution in [0.15, 0.2) is 54.6 Å². The van der Waals surface area contributed by atoms with E-state index < -0.39 is 0 Å². The molecule has 0 saturated carbocycles. The molecule has 0 unspecified atom stereocenters. The average molecular weight is 530 g/mol. The Hall–Kier alpha value is -3.61. The third-order valence-corrected chi connectivity index (χ3v) is 8.52. The molecule has 0 radical (unpaired) electrons. The average Bonchev–Trinajstić information content (AvgIpc) is 3.38. The predicted molar refractivity (Wildman–Crippen MR) is 152 cm³/mol. The highest BCUT2D eigenvalue weighted by molar-refractivity contribution is 5.96. The molecule has 1 spiro atoms.